The molecule has 196 valence electrons. The number of aromatic nitrogens is 3. The largest absolute Gasteiger partial charge is 0.479 e. The molecule has 0 unspecified atom stereocenters. The van der Waals surface area contributed by atoms with Crippen molar-refractivity contribution in [1.29, 1.82) is 0 Å². The predicted octanol–water partition coefficient (Wildman–Crippen LogP) is 5.29. The molecule has 0 saturated carbocycles. The van der Waals surface area contributed by atoms with Crippen LogP contribution in [-0.2, 0) is 9.53 Å². The van der Waals surface area contributed by atoms with Crippen LogP contribution in [0.25, 0.3) is 28.0 Å². The summed E-state index contributed by atoms with van der Waals surface area (Å²) in [5, 5.41) is 5.13. The third-order valence-electron chi connectivity index (χ3n) is 6.51. The second kappa shape index (κ2) is 10.8. The van der Waals surface area contributed by atoms with Crippen LogP contribution in [-0.4, -0.2) is 39.6 Å². The number of nitrogens with zero attached hydrogens (tertiary/aromatic N) is 4. The Balaban J connectivity index is 1.51. The molecule has 5 aromatic rings. The third kappa shape index (κ3) is 5.09. The molecule has 8 heteroatoms. The number of carbonyl (C=O) groups is 1. The van der Waals surface area contributed by atoms with Crippen LogP contribution in [0.4, 0.5) is 0 Å². The SMILES string of the molecule is COC(=O)[C@@H](C)Oc1ccc(-n2c(C)cc(C=Nn3c(-c4ccccc4)nc4ccccc4c3=O)c2C)cc1. The predicted molar refractivity (Wildman–Crippen MR) is 152 cm³/mol. The molecule has 5 rings (SSSR count). The van der Waals surface area contributed by atoms with Gasteiger partial charge < -0.3 is 14.0 Å². The molecule has 0 bridgehead atoms. The summed E-state index contributed by atoms with van der Waals surface area (Å²) in [6, 6.07) is 26.3. The Labute approximate surface area is 225 Å². The second-order valence-electron chi connectivity index (χ2n) is 9.12. The number of carbonyl (C=O) groups excluding carboxylic acids is 1. The summed E-state index contributed by atoms with van der Waals surface area (Å²) in [6.45, 7) is 5.65. The minimum atomic E-state index is -0.701. The lowest BCUT2D eigenvalue weighted by atomic mass is 10.2. The molecule has 1 atom stereocenters. The fourth-order valence-corrected chi connectivity index (χ4v) is 4.53. The van der Waals surface area contributed by atoms with Gasteiger partial charge >= 0.3 is 5.97 Å². The van der Waals surface area contributed by atoms with E-state index in [1.807, 2.05) is 92.7 Å². The molecule has 0 aliphatic heterocycles. The average molecular weight is 521 g/mol. The Kier molecular flexibility index (Phi) is 7.10. The number of hydrogen-bond donors (Lipinski definition) is 0. The van der Waals surface area contributed by atoms with Crippen LogP contribution in [0.1, 0.15) is 23.9 Å². The van der Waals surface area contributed by atoms with Crippen molar-refractivity contribution in [3.05, 3.63) is 112 Å². The first kappa shape index (κ1) is 25.7. The Morgan fingerprint density at radius 3 is 2.38 bits per heavy atom. The lowest BCUT2D eigenvalue weighted by Gasteiger charge is -2.14. The minimum absolute atomic E-state index is 0.235. The number of hydrogen-bond acceptors (Lipinski definition) is 6. The van der Waals surface area contributed by atoms with Gasteiger partial charge in [0.2, 0.25) is 0 Å². The van der Waals surface area contributed by atoms with E-state index in [0.717, 1.165) is 28.2 Å². The van der Waals surface area contributed by atoms with Crippen LogP contribution in [0.2, 0.25) is 0 Å². The van der Waals surface area contributed by atoms with Crippen molar-refractivity contribution in [3.63, 3.8) is 0 Å². The highest BCUT2D eigenvalue weighted by Crippen LogP contribution is 2.23. The van der Waals surface area contributed by atoms with Gasteiger partial charge in [-0.05, 0) is 63.2 Å². The van der Waals surface area contributed by atoms with Crippen molar-refractivity contribution in [1.82, 2.24) is 14.2 Å². The summed E-state index contributed by atoms with van der Waals surface area (Å²) >= 11 is 0. The molecule has 0 aliphatic rings. The van der Waals surface area contributed by atoms with E-state index in [2.05, 4.69) is 9.67 Å². The van der Waals surface area contributed by atoms with Crippen molar-refractivity contribution in [2.75, 3.05) is 7.11 Å². The Bertz CT molecular complexity index is 1740. The first-order valence-electron chi connectivity index (χ1n) is 12.5. The molecule has 0 spiro atoms. The number of methoxy groups -OCH3 is 1. The molecule has 39 heavy (non-hydrogen) atoms. The number of esters is 1. The van der Waals surface area contributed by atoms with Gasteiger partial charge in [0.15, 0.2) is 11.9 Å². The maximum atomic E-state index is 13.5. The minimum Gasteiger partial charge on any atom is -0.479 e. The van der Waals surface area contributed by atoms with Gasteiger partial charge in [-0.2, -0.15) is 9.78 Å². The van der Waals surface area contributed by atoms with Gasteiger partial charge in [0.1, 0.15) is 5.75 Å². The van der Waals surface area contributed by atoms with E-state index in [9.17, 15) is 9.59 Å². The van der Waals surface area contributed by atoms with Crippen LogP contribution < -0.4 is 10.3 Å². The van der Waals surface area contributed by atoms with Gasteiger partial charge in [0.25, 0.3) is 5.56 Å². The van der Waals surface area contributed by atoms with Crippen LogP contribution in [0.3, 0.4) is 0 Å². The van der Waals surface area contributed by atoms with Crippen molar-refractivity contribution < 1.29 is 14.3 Å². The van der Waals surface area contributed by atoms with E-state index in [1.165, 1.54) is 11.8 Å². The first-order chi connectivity index (χ1) is 18.9. The van der Waals surface area contributed by atoms with E-state index in [-0.39, 0.29) is 5.56 Å². The van der Waals surface area contributed by atoms with E-state index >= 15 is 0 Å². The molecule has 0 aliphatic carbocycles. The molecule has 2 heterocycles. The normalized spacial score (nSPS) is 12.1. The lowest BCUT2D eigenvalue weighted by molar-refractivity contribution is -0.147. The summed E-state index contributed by atoms with van der Waals surface area (Å²) < 4.78 is 13.8. The highest BCUT2D eigenvalue weighted by molar-refractivity contribution is 5.83. The molecule has 0 amide bonds. The van der Waals surface area contributed by atoms with Crippen LogP contribution in [0.5, 0.6) is 5.75 Å². The van der Waals surface area contributed by atoms with Crippen LogP contribution >= 0.6 is 0 Å². The number of fused-ring (bicyclic) bond motifs is 1. The fourth-order valence-electron chi connectivity index (χ4n) is 4.53. The maximum absolute atomic E-state index is 13.5. The number of rotatable bonds is 7. The highest BCUT2D eigenvalue weighted by Gasteiger charge is 2.16. The van der Waals surface area contributed by atoms with Gasteiger partial charge in [-0.1, -0.05) is 42.5 Å². The van der Waals surface area contributed by atoms with Crippen LogP contribution in [0.15, 0.2) is 94.8 Å². The molecular formula is C31H28N4O4. The zero-order chi connectivity index (χ0) is 27.5. The van der Waals surface area contributed by atoms with E-state index in [4.69, 9.17) is 14.5 Å². The van der Waals surface area contributed by atoms with E-state index in [1.54, 1.807) is 19.2 Å². The summed E-state index contributed by atoms with van der Waals surface area (Å²) in [7, 11) is 1.33. The molecule has 0 fully saturated rings. The zero-order valence-electron chi connectivity index (χ0n) is 22.2. The molecule has 0 N–H and O–H groups in total. The summed E-state index contributed by atoms with van der Waals surface area (Å²) in [4.78, 5) is 29.9. The third-order valence-corrected chi connectivity index (χ3v) is 6.51. The van der Waals surface area contributed by atoms with Crippen molar-refractivity contribution in [2.24, 2.45) is 5.10 Å². The molecular weight excluding hydrogens is 492 g/mol. The van der Waals surface area contributed by atoms with Crippen LogP contribution in [0, 0.1) is 13.8 Å². The fraction of sp³-hybridized carbons (Fsp3) is 0.161. The maximum Gasteiger partial charge on any atom is 0.346 e. The summed E-state index contributed by atoms with van der Waals surface area (Å²) in [5.41, 5.74) is 4.93. The van der Waals surface area contributed by atoms with Crippen molar-refractivity contribution >= 4 is 23.1 Å². The number of para-hydroxylation sites is 1. The van der Waals surface area contributed by atoms with Gasteiger partial charge in [-0.3, -0.25) is 4.79 Å². The summed E-state index contributed by atoms with van der Waals surface area (Å²) in [6.07, 6.45) is 0.992. The lowest BCUT2D eigenvalue weighted by Crippen LogP contribution is -2.24. The van der Waals surface area contributed by atoms with Crippen molar-refractivity contribution in [3.8, 4) is 22.8 Å². The Hall–Kier alpha value is -4.98. The van der Waals surface area contributed by atoms with Gasteiger partial charge in [-0.15, -0.1) is 0 Å². The zero-order valence-corrected chi connectivity index (χ0v) is 22.2. The monoisotopic (exact) mass is 520 g/mol. The topological polar surface area (TPSA) is 87.7 Å². The number of ether oxygens (including phenoxy) is 2. The van der Waals surface area contributed by atoms with E-state index < -0.39 is 12.1 Å². The smallest absolute Gasteiger partial charge is 0.346 e. The summed E-state index contributed by atoms with van der Waals surface area (Å²) in [5.74, 6) is 0.606. The van der Waals surface area contributed by atoms with Gasteiger partial charge in [-0.25, -0.2) is 9.78 Å². The molecule has 3 aromatic carbocycles. The quantitative estimate of drug-likeness (QED) is 0.215. The average Bonchev–Trinajstić information content (AvgIpc) is 3.25. The molecule has 8 nitrogen and oxygen atoms in total. The Morgan fingerprint density at radius 2 is 1.67 bits per heavy atom. The standard InChI is InChI=1S/C31H28N4O4/c1-20-18-24(21(2)34(20)25-14-16-26(17-15-25)39-22(3)31(37)38-4)19-32-35-29(23-10-6-5-7-11-23)33-28-13-9-8-12-27(28)30(35)36/h5-19,22H,1-4H3/t22-/m1/s1. The molecule has 2 aromatic heterocycles. The number of benzene rings is 3. The molecule has 0 saturated heterocycles. The first-order valence-corrected chi connectivity index (χ1v) is 12.5. The van der Waals surface area contributed by atoms with Crippen molar-refractivity contribution in [2.45, 2.75) is 26.9 Å². The Morgan fingerprint density at radius 1 is 0.974 bits per heavy atom. The highest BCUT2D eigenvalue weighted by atomic mass is 16.6. The molecule has 0 radical (unpaired) electrons. The van der Waals surface area contributed by atoms with Gasteiger partial charge in [0, 0.05) is 28.2 Å². The number of aryl methyl sites for hydroxylation is 1. The second-order valence-corrected chi connectivity index (χ2v) is 9.12. The van der Waals surface area contributed by atoms with E-state index in [0.29, 0.717) is 22.5 Å². The van der Waals surface area contributed by atoms with Gasteiger partial charge in [0.05, 0.1) is 24.2 Å².